The summed E-state index contributed by atoms with van der Waals surface area (Å²) in [5.41, 5.74) is 0. The lowest BCUT2D eigenvalue weighted by Crippen LogP contribution is -2.52. The minimum atomic E-state index is -4.35. The Balaban J connectivity index is 1.33. The second-order valence-electron chi connectivity index (χ2n) is 9.32. The molecule has 9 nitrogen and oxygen atoms in total. The molecule has 0 aliphatic carbocycles. The van der Waals surface area contributed by atoms with E-state index in [2.05, 4.69) is 9.88 Å². The van der Waals surface area contributed by atoms with Gasteiger partial charge in [0.25, 0.3) is 5.92 Å². The van der Waals surface area contributed by atoms with Gasteiger partial charge in [-0.2, -0.15) is 4.31 Å². The second-order valence-corrected chi connectivity index (χ2v) is 12.4. The summed E-state index contributed by atoms with van der Waals surface area (Å²) in [5.74, 6) is -3.36. The molecule has 0 saturated carbocycles. The Bertz CT molecular complexity index is 1200. The normalized spacial score (nSPS) is 21.1. The highest BCUT2D eigenvalue weighted by Gasteiger charge is 2.46. The van der Waals surface area contributed by atoms with Gasteiger partial charge in [0.05, 0.1) is 29.0 Å². The summed E-state index contributed by atoms with van der Waals surface area (Å²) in [4.78, 5) is 20.2. The van der Waals surface area contributed by atoms with Gasteiger partial charge in [-0.3, -0.25) is 9.69 Å². The molecule has 0 N–H and O–H groups in total. The largest absolute Gasteiger partial charge is 0.370 e. The Hall–Kier alpha value is -1.54. The molecule has 3 heterocycles. The number of alkyl halides is 2. The molecule has 2 saturated heterocycles. The van der Waals surface area contributed by atoms with Crippen molar-refractivity contribution < 1.29 is 26.7 Å². The molecule has 2 aromatic rings. The molecular formula is C23H28Cl3F2N5O4S. The van der Waals surface area contributed by atoms with Crippen molar-refractivity contribution in [3.8, 4) is 0 Å². The third-order valence-electron chi connectivity index (χ3n) is 6.66. The van der Waals surface area contributed by atoms with Crippen molar-refractivity contribution in [1.29, 1.82) is 0 Å². The van der Waals surface area contributed by atoms with E-state index < -0.39 is 46.3 Å². The number of hydrogen-bond acceptors (Lipinski definition) is 6. The smallest absolute Gasteiger partial charge is 0.251 e. The second kappa shape index (κ2) is 12.3. The van der Waals surface area contributed by atoms with Crippen molar-refractivity contribution in [3.63, 3.8) is 0 Å². The molecule has 0 unspecified atom stereocenters. The predicted octanol–water partition coefficient (Wildman–Crippen LogP) is 3.49. The molecule has 1 aromatic carbocycles. The molecule has 0 bridgehead atoms. The van der Waals surface area contributed by atoms with E-state index in [1.807, 2.05) is 10.8 Å². The maximum absolute atomic E-state index is 14.3. The molecule has 1 amide bonds. The third-order valence-corrected chi connectivity index (χ3v) is 9.76. The Morgan fingerprint density at radius 3 is 2.39 bits per heavy atom. The van der Waals surface area contributed by atoms with Crippen molar-refractivity contribution in [2.24, 2.45) is 0 Å². The highest BCUT2D eigenvalue weighted by atomic mass is 35.5. The molecule has 2 fully saturated rings. The average Bonchev–Trinajstić information content (AvgIpc) is 3.35. The molecular weight excluding hydrogens is 587 g/mol. The number of nitrogens with zero attached hydrogens (tertiary/aromatic N) is 5. The van der Waals surface area contributed by atoms with Crippen LogP contribution in [0, 0.1) is 0 Å². The van der Waals surface area contributed by atoms with E-state index in [0.717, 1.165) is 17.4 Å². The first kappa shape index (κ1) is 29.4. The minimum absolute atomic E-state index is 0.140. The highest BCUT2D eigenvalue weighted by molar-refractivity contribution is 7.89. The number of carbonyl (C=O) groups excluding carboxylic acids is 1. The number of sulfonamides is 1. The van der Waals surface area contributed by atoms with Gasteiger partial charge in [-0.15, -0.1) is 0 Å². The summed E-state index contributed by atoms with van der Waals surface area (Å²) in [5, 5.41) is -0.278. The standard InChI is InChI=1S/C23H28Cl3F2N5O4S/c24-17-11-19(25)22(20(26)12-17)38(35,36)33-3-1-23(27,28)13-18(33)14-37-15-21(34)32-9-7-30(8-10-32)5-6-31-4-2-29-16-31/h2,4,11-12,16,18H,1,3,5-10,13-15H2/t18-/m0/s1. The first-order valence-corrected chi connectivity index (χ1v) is 14.6. The first-order valence-electron chi connectivity index (χ1n) is 12.0. The average molecular weight is 615 g/mol. The number of rotatable bonds is 9. The van der Waals surface area contributed by atoms with Crippen LogP contribution in [0.5, 0.6) is 0 Å². The quantitative estimate of drug-likeness (QED) is 0.430. The number of halogens is 5. The number of aromatic nitrogens is 2. The van der Waals surface area contributed by atoms with Crippen LogP contribution in [0.25, 0.3) is 0 Å². The van der Waals surface area contributed by atoms with Gasteiger partial charge in [0, 0.05) is 76.1 Å². The van der Waals surface area contributed by atoms with Gasteiger partial charge >= 0.3 is 0 Å². The highest BCUT2D eigenvalue weighted by Crippen LogP contribution is 2.39. The van der Waals surface area contributed by atoms with E-state index in [1.165, 1.54) is 12.1 Å². The minimum Gasteiger partial charge on any atom is -0.370 e. The van der Waals surface area contributed by atoms with Crippen LogP contribution in [0.15, 0.2) is 35.7 Å². The summed E-state index contributed by atoms with van der Waals surface area (Å²) in [6.45, 7) is 2.89. The lowest BCUT2D eigenvalue weighted by atomic mass is 10.0. The number of benzene rings is 1. The number of imidazole rings is 1. The molecule has 0 radical (unpaired) electrons. The van der Waals surface area contributed by atoms with Crippen molar-refractivity contribution in [3.05, 3.63) is 45.9 Å². The molecule has 38 heavy (non-hydrogen) atoms. The van der Waals surface area contributed by atoms with E-state index in [-0.39, 0.29) is 34.2 Å². The lowest BCUT2D eigenvalue weighted by molar-refractivity contribution is -0.139. The van der Waals surface area contributed by atoms with E-state index >= 15 is 0 Å². The number of ether oxygens (including phenoxy) is 1. The molecule has 1 aromatic heterocycles. The van der Waals surface area contributed by atoms with Gasteiger partial charge < -0.3 is 14.2 Å². The van der Waals surface area contributed by atoms with Crippen LogP contribution >= 0.6 is 34.8 Å². The predicted molar refractivity (Wildman–Crippen MR) is 139 cm³/mol. The van der Waals surface area contributed by atoms with Crippen LogP contribution < -0.4 is 0 Å². The van der Waals surface area contributed by atoms with Crippen LogP contribution in [0.3, 0.4) is 0 Å². The molecule has 0 spiro atoms. The van der Waals surface area contributed by atoms with E-state index in [4.69, 9.17) is 39.5 Å². The summed E-state index contributed by atoms with van der Waals surface area (Å²) >= 11 is 18.1. The van der Waals surface area contributed by atoms with Gasteiger partial charge in [0.15, 0.2) is 0 Å². The fraction of sp³-hybridized carbons (Fsp3) is 0.565. The van der Waals surface area contributed by atoms with Crippen molar-refractivity contribution >= 4 is 50.7 Å². The van der Waals surface area contributed by atoms with Gasteiger partial charge in [-0.1, -0.05) is 34.8 Å². The summed E-state index contributed by atoms with van der Waals surface area (Å²) in [6.07, 6.45) is 3.96. The SMILES string of the molecule is O=C(COC[C@@H]1CC(F)(F)CCN1S(=O)(=O)c1c(Cl)cc(Cl)cc1Cl)N1CCN(CCn2ccnc2)CC1. The maximum Gasteiger partial charge on any atom is 0.251 e. The van der Waals surface area contributed by atoms with Gasteiger partial charge in [0.1, 0.15) is 11.5 Å². The lowest BCUT2D eigenvalue weighted by Gasteiger charge is -2.38. The number of hydrogen-bond donors (Lipinski definition) is 0. The van der Waals surface area contributed by atoms with Crippen LogP contribution in [-0.4, -0.2) is 102 Å². The zero-order valence-electron chi connectivity index (χ0n) is 20.4. The fourth-order valence-corrected chi connectivity index (χ4v) is 7.73. The Labute approximate surface area is 235 Å². The van der Waals surface area contributed by atoms with Crippen molar-refractivity contribution in [2.75, 3.05) is 52.5 Å². The van der Waals surface area contributed by atoms with Gasteiger partial charge in [-0.25, -0.2) is 22.2 Å². The molecule has 4 rings (SSSR count). The van der Waals surface area contributed by atoms with Crippen molar-refractivity contribution in [1.82, 2.24) is 23.7 Å². The number of carbonyl (C=O) groups is 1. The molecule has 15 heteroatoms. The Kier molecular flexibility index (Phi) is 9.55. The summed E-state index contributed by atoms with van der Waals surface area (Å²) < 4.78 is 63.7. The van der Waals surface area contributed by atoms with E-state index in [9.17, 15) is 22.0 Å². The van der Waals surface area contributed by atoms with Gasteiger partial charge in [-0.05, 0) is 12.1 Å². The topological polar surface area (TPSA) is 88.0 Å². The summed E-state index contributed by atoms with van der Waals surface area (Å²) in [7, 11) is -4.35. The third kappa shape index (κ3) is 7.15. The van der Waals surface area contributed by atoms with Crippen molar-refractivity contribution in [2.45, 2.75) is 36.2 Å². The van der Waals surface area contributed by atoms with E-state index in [0.29, 0.717) is 26.2 Å². The zero-order chi connectivity index (χ0) is 27.5. The molecule has 2 aliphatic rings. The van der Waals surface area contributed by atoms with Crippen LogP contribution in [0.4, 0.5) is 8.78 Å². The summed E-state index contributed by atoms with van der Waals surface area (Å²) in [6, 6.07) is 1.24. The number of piperidine rings is 1. The monoisotopic (exact) mass is 613 g/mol. The molecule has 1 atom stereocenters. The maximum atomic E-state index is 14.3. The Morgan fingerprint density at radius 1 is 1.08 bits per heavy atom. The van der Waals surface area contributed by atoms with Crippen LogP contribution in [0.1, 0.15) is 12.8 Å². The molecule has 2 aliphatic heterocycles. The van der Waals surface area contributed by atoms with Crippen LogP contribution in [-0.2, 0) is 26.1 Å². The van der Waals surface area contributed by atoms with Gasteiger partial charge in [0.2, 0.25) is 15.9 Å². The Morgan fingerprint density at radius 2 is 1.76 bits per heavy atom. The fourth-order valence-electron chi connectivity index (χ4n) is 4.63. The number of amides is 1. The van der Waals surface area contributed by atoms with Crippen LogP contribution in [0.2, 0.25) is 15.1 Å². The van der Waals surface area contributed by atoms with E-state index in [1.54, 1.807) is 17.4 Å². The number of piperazine rings is 1. The first-order chi connectivity index (χ1) is 18.0. The molecule has 210 valence electrons. The zero-order valence-corrected chi connectivity index (χ0v) is 23.5.